The van der Waals surface area contributed by atoms with E-state index in [9.17, 15) is 13.6 Å². The molecule has 0 bridgehead atoms. The van der Waals surface area contributed by atoms with Crippen LogP contribution in [-0.4, -0.2) is 16.1 Å². The summed E-state index contributed by atoms with van der Waals surface area (Å²) in [7, 11) is 0. The highest BCUT2D eigenvalue weighted by atomic mass is 19.1. The number of rotatable bonds is 2. The first-order valence-corrected chi connectivity index (χ1v) is 6.33. The van der Waals surface area contributed by atoms with Gasteiger partial charge in [0, 0.05) is 11.1 Å². The smallest absolute Gasteiger partial charge is 0.278 e. The Balaban J connectivity index is 1.97. The topological polar surface area (TPSA) is 80.9 Å². The summed E-state index contributed by atoms with van der Waals surface area (Å²) in [5, 5.41) is 10.2. The van der Waals surface area contributed by atoms with Crippen LogP contribution in [0.15, 0.2) is 42.5 Å². The molecule has 3 aromatic rings. The molecular formula is C15H10F2N4O. The molecule has 22 heavy (non-hydrogen) atoms. The summed E-state index contributed by atoms with van der Waals surface area (Å²) in [6, 6.07) is 9.47. The molecule has 3 rings (SSSR count). The second-order valence-corrected chi connectivity index (χ2v) is 4.56. The van der Waals surface area contributed by atoms with Crippen molar-refractivity contribution in [1.82, 2.24) is 10.2 Å². The number of nitrogens with zero attached hydrogens (tertiary/aromatic N) is 2. The summed E-state index contributed by atoms with van der Waals surface area (Å²) in [6.45, 7) is 0. The average molecular weight is 300 g/mol. The minimum absolute atomic E-state index is 0.00154. The van der Waals surface area contributed by atoms with Gasteiger partial charge in [0.2, 0.25) is 0 Å². The van der Waals surface area contributed by atoms with Gasteiger partial charge in [-0.25, -0.2) is 8.78 Å². The third-order valence-corrected chi connectivity index (χ3v) is 3.10. The lowest BCUT2D eigenvalue weighted by molar-refractivity contribution is 0.102. The van der Waals surface area contributed by atoms with Crippen LogP contribution in [0.1, 0.15) is 10.5 Å². The van der Waals surface area contributed by atoms with Crippen molar-refractivity contribution in [2.24, 2.45) is 0 Å². The first-order chi connectivity index (χ1) is 10.6. The fourth-order valence-corrected chi connectivity index (χ4v) is 2.01. The van der Waals surface area contributed by atoms with Gasteiger partial charge in [0.15, 0.2) is 11.5 Å². The van der Waals surface area contributed by atoms with Crippen molar-refractivity contribution in [1.29, 1.82) is 0 Å². The van der Waals surface area contributed by atoms with Gasteiger partial charge in [0.25, 0.3) is 5.91 Å². The van der Waals surface area contributed by atoms with E-state index in [1.165, 1.54) is 36.4 Å². The van der Waals surface area contributed by atoms with Gasteiger partial charge in [-0.15, -0.1) is 10.2 Å². The van der Waals surface area contributed by atoms with E-state index in [4.69, 9.17) is 5.73 Å². The number of benzene rings is 2. The van der Waals surface area contributed by atoms with Crippen molar-refractivity contribution in [2.75, 3.05) is 11.1 Å². The van der Waals surface area contributed by atoms with Crippen LogP contribution in [0.2, 0.25) is 0 Å². The van der Waals surface area contributed by atoms with Crippen LogP contribution in [0.4, 0.5) is 20.2 Å². The Morgan fingerprint density at radius 1 is 1.05 bits per heavy atom. The first kappa shape index (κ1) is 13.9. The third-order valence-electron chi connectivity index (χ3n) is 3.10. The van der Waals surface area contributed by atoms with Crippen LogP contribution in [0.3, 0.4) is 0 Å². The van der Waals surface area contributed by atoms with Crippen LogP contribution >= 0.6 is 0 Å². The highest BCUT2D eigenvalue weighted by Crippen LogP contribution is 2.23. The van der Waals surface area contributed by atoms with Gasteiger partial charge in [-0.05, 0) is 30.3 Å². The molecule has 0 fully saturated rings. The predicted molar refractivity (Wildman–Crippen MR) is 78.3 cm³/mol. The lowest BCUT2D eigenvalue weighted by atomic mass is 10.1. The van der Waals surface area contributed by atoms with Gasteiger partial charge >= 0.3 is 0 Å². The van der Waals surface area contributed by atoms with Crippen molar-refractivity contribution >= 4 is 28.2 Å². The SMILES string of the molecule is Nc1c(C(=O)Nc2ccc(F)cc2)nnc2c(F)cccc12. The van der Waals surface area contributed by atoms with E-state index in [-0.39, 0.29) is 16.9 Å². The molecule has 1 amide bonds. The van der Waals surface area contributed by atoms with E-state index in [1.807, 2.05) is 0 Å². The monoisotopic (exact) mass is 300 g/mol. The molecule has 0 saturated carbocycles. The molecule has 0 atom stereocenters. The summed E-state index contributed by atoms with van der Waals surface area (Å²) in [4.78, 5) is 12.2. The Hall–Kier alpha value is -3.09. The summed E-state index contributed by atoms with van der Waals surface area (Å²) in [5.41, 5.74) is 6.17. The molecule has 3 N–H and O–H groups in total. The highest BCUT2D eigenvalue weighted by molar-refractivity contribution is 6.10. The number of amides is 1. The van der Waals surface area contributed by atoms with Crippen LogP contribution in [0.5, 0.6) is 0 Å². The molecule has 1 aromatic heterocycles. The molecule has 7 heteroatoms. The first-order valence-electron chi connectivity index (χ1n) is 6.33. The molecule has 1 heterocycles. The fourth-order valence-electron chi connectivity index (χ4n) is 2.01. The second kappa shape index (κ2) is 5.36. The minimum Gasteiger partial charge on any atom is -0.396 e. The average Bonchev–Trinajstić information content (AvgIpc) is 2.51. The Labute approximate surface area is 123 Å². The molecule has 5 nitrogen and oxygen atoms in total. The molecule has 0 aliphatic carbocycles. The quantitative estimate of drug-likeness (QED) is 0.762. The maximum Gasteiger partial charge on any atom is 0.278 e. The molecule has 0 saturated heterocycles. The third kappa shape index (κ3) is 2.44. The molecule has 0 unspecified atom stereocenters. The number of aromatic nitrogens is 2. The van der Waals surface area contributed by atoms with Gasteiger partial charge in [0.05, 0.1) is 5.69 Å². The molecular weight excluding hydrogens is 290 g/mol. The number of nitrogens with one attached hydrogen (secondary N) is 1. The maximum atomic E-state index is 13.6. The number of anilines is 2. The van der Waals surface area contributed by atoms with Crippen LogP contribution in [0, 0.1) is 11.6 Å². The van der Waals surface area contributed by atoms with Crippen LogP contribution in [-0.2, 0) is 0 Å². The molecule has 110 valence electrons. The Morgan fingerprint density at radius 2 is 1.77 bits per heavy atom. The van der Waals surface area contributed by atoms with Gasteiger partial charge in [-0.1, -0.05) is 12.1 Å². The van der Waals surface area contributed by atoms with Crippen molar-refractivity contribution < 1.29 is 13.6 Å². The summed E-state index contributed by atoms with van der Waals surface area (Å²) in [6.07, 6.45) is 0. The lowest BCUT2D eigenvalue weighted by Gasteiger charge is -2.08. The van der Waals surface area contributed by atoms with E-state index >= 15 is 0 Å². The zero-order chi connectivity index (χ0) is 15.7. The Morgan fingerprint density at radius 3 is 2.50 bits per heavy atom. The number of nitrogen functional groups attached to an aromatic ring is 1. The number of nitrogens with two attached hydrogens (primary N) is 1. The molecule has 0 spiro atoms. The number of hydrogen-bond donors (Lipinski definition) is 2. The largest absolute Gasteiger partial charge is 0.396 e. The number of carbonyl (C=O) groups excluding carboxylic acids is 1. The number of hydrogen-bond acceptors (Lipinski definition) is 4. The van der Waals surface area contributed by atoms with Gasteiger partial charge in [-0.3, -0.25) is 4.79 Å². The predicted octanol–water partition coefficient (Wildman–Crippen LogP) is 2.74. The number of fused-ring (bicyclic) bond motifs is 1. The van der Waals surface area contributed by atoms with E-state index < -0.39 is 17.5 Å². The van der Waals surface area contributed by atoms with E-state index in [0.717, 1.165) is 0 Å². The van der Waals surface area contributed by atoms with Gasteiger partial charge in [0.1, 0.15) is 11.3 Å². The second-order valence-electron chi connectivity index (χ2n) is 4.56. The number of halogens is 2. The Bertz CT molecular complexity index is 865. The van der Waals surface area contributed by atoms with Crippen molar-refractivity contribution in [3.8, 4) is 0 Å². The van der Waals surface area contributed by atoms with Crippen LogP contribution in [0.25, 0.3) is 10.9 Å². The minimum atomic E-state index is -0.609. The standard InChI is InChI=1S/C15H10F2N4O/c16-8-4-6-9(7-5-8)19-15(22)14-12(18)10-2-1-3-11(17)13(10)20-21-14/h1-7H,(H2,18,20)(H,19,22). The normalized spacial score (nSPS) is 10.6. The van der Waals surface area contributed by atoms with Crippen molar-refractivity contribution in [3.63, 3.8) is 0 Å². The van der Waals surface area contributed by atoms with E-state index in [1.54, 1.807) is 6.07 Å². The van der Waals surface area contributed by atoms with Gasteiger partial charge < -0.3 is 11.1 Å². The lowest BCUT2D eigenvalue weighted by Crippen LogP contribution is -2.17. The fraction of sp³-hybridized carbons (Fsp3) is 0. The van der Waals surface area contributed by atoms with Crippen LogP contribution < -0.4 is 11.1 Å². The van der Waals surface area contributed by atoms with E-state index in [2.05, 4.69) is 15.5 Å². The maximum absolute atomic E-state index is 13.6. The Kier molecular flexibility index (Phi) is 3.38. The summed E-state index contributed by atoms with van der Waals surface area (Å²) < 4.78 is 26.4. The summed E-state index contributed by atoms with van der Waals surface area (Å²) in [5.74, 6) is -1.59. The zero-order valence-electron chi connectivity index (χ0n) is 11.2. The molecule has 0 aliphatic heterocycles. The summed E-state index contributed by atoms with van der Waals surface area (Å²) >= 11 is 0. The van der Waals surface area contributed by atoms with Gasteiger partial charge in [-0.2, -0.15) is 0 Å². The van der Waals surface area contributed by atoms with E-state index in [0.29, 0.717) is 11.1 Å². The number of carbonyl (C=O) groups is 1. The van der Waals surface area contributed by atoms with Crippen molar-refractivity contribution in [2.45, 2.75) is 0 Å². The highest BCUT2D eigenvalue weighted by Gasteiger charge is 2.17. The molecule has 0 aliphatic rings. The molecule has 2 aromatic carbocycles. The van der Waals surface area contributed by atoms with Crippen molar-refractivity contribution in [3.05, 3.63) is 59.8 Å². The zero-order valence-corrected chi connectivity index (χ0v) is 11.2. The molecule has 0 radical (unpaired) electrons.